The number of benzene rings is 1. The van der Waals surface area contributed by atoms with E-state index in [0.29, 0.717) is 23.5 Å². The minimum absolute atomic E-state index is 0.0347. The number of carboxylic acids is 1. The molecule has 0 saturated heterocycles. The molecule has 1 aliphatic rings. The summed E-state index contributed by atoms with van der Waals surface area (Å²) in [5, 5.41) is 16.4. The fourth-order valence-electron chi connectivity index (χ4n) is 1.97. The summed E-state index contributed by atoms with van der Waals surface area (Å²) in [6, 6.07) is 7.07. The van der Waals surface area contributed by atoms with Gasteiger partial charge in [-0.05, 0) is 24.3 Å². The molecule has 7 heteroatoms. The van der Waals surface area contributed by atoms with Crippen molar-refractivity contribution < 1.29 is 19.4 Å². The van der Waals surface area contributed by atoms with Crippen LogP contribution in [0.15, 0.2) is 29.6 Å². The van der Waals surface area contributed by atoms with Crippen molar-refractivity contribution in [3.05, 3.63) is 40.1 Å². The van der Waals surface area contributed by atoms with Crippen molar-refractivity contribution in [2.75, 3.05) is 17.2 Å². The van der Waals surface area contributed by atoms with Gasteiger partial charge in [-0.3, -0.25) is 4.79 Å². The van der Waals surface area contributed by atoms with Gasteiger partial charge >= 0.3 is 5.97 Å². The lowest BCUT2D eigenvalue weighted by molar-refractivity contribution is -0.118. The lowest BCUT2D eigenvalue weighted by Gasteiger charge is -2.18. The van der Waals surface area contributed by atoms with Crippen LogP contribution in [-0.2, 0) is 11.3 Å². The van der Waals surface area contributed by atoms with Gasteiger partial charge in [0.1, 0.15) is 5.75 Å². The Kier molecular flexibility index (Phi) is 3.49. The number of thiophene rings is 1. The summed E-state index contributed by atoms with van der Waals surface area (Å²) in [4.78, 5) is 23.0. The van der Waals surface area contributed by atoms with Crippen LogP contribution in [0.4, 0.5) is 11.4 Å². The molecule has 1 aliphatic heterocycles. The van der Waals surface area contributed by atoms with Gasteiger partial charge in [-0.1, -0.05) is 0 Å². The van der Waals surface area contributed by atoms with Crippen molar-refractivity contribution in [1.82, 2.24) is 0 Å². The molecule has 3 rings (SSSR count). The van der Waals surface area contributed by atoms with E-state index in [0.717, 1.165) is 10.6 Å². The van der Waals surface area contributed by atoms with Crippen molar-refractivity contribution in [2.24, 2.45) is 0 Å². The Balaban J connectivity index is 1.69. The molecule has 0 unspecified atom stereocenters. The van der Waals surface area contributed by atoms with Crippen LogP contribution >= 0.6 is 11.3 Å². The quantitative estimate of drug-likeness (QED) is 0.807. The summed E-state index contributed by atoms with van der Waals surface area (Å²) in [7, 11) is 0. The van der Waals surface area contributed by atoms with E-state index in [1.807, 2.05) is 6.07 Å². The molecule has 21 heavy (non-hydrogen) atoms. The first-order valence-corrected chi connectivity index (χ1v) is 7.11. The van der Waals surface area contributed by atoms with Gasteiger partial charge in [0.2, 0.25) is 0 Å². The van der Waals surface area contributed by atoms with Crippen LogP contribution in [0, 0.1) is 0 Å². The number of carbonyl (C=O) groups is 2. The molecule has 0 fully saturated rings. The highest BCUT2D eigenvalue weighted by atomic mass is 32.1. The molecule has 2 aromatic rings. The number of aromatic carboxylic acids is 1. The van der Waals surface area contributed by atoms with E-state index in [4.69, 9.17) is 9.84 Å². The van der Waals surface area contributed by atoms with Crippen LogP contribution in [0.2, 0.25) is 0 Å². The predicted molar refractivity (Wildman–Crippen MR) is 79.2 cm³/mol. The van der Waals surface area contributed by atoms with Crippen LogP contribution in [0.5, 0.6) is 5.75 Å². The van der Waals surface area contributed by atoms with Crippen molar-refractivity contribution >= 4 is 34.6 Å². The summed E-state index contributed by atoms with van der Waals surface area (Å²) in [5.74, 6) is -0.459. The van der Waals surface area contributed by atoms with Crippen molar-refractivity contribution in [3.8, 4) is 5.75 Å². The largest absolute Gasteiger partial charge is 0.482 e. The molecule has 2 heterocycles. The highest BCUT2D eigenvalue weighted by Gasteiger charge is 2.15. The molecule has 0 radical (unpaired) electrons. The molecule has 108 valence electrons. The molecule has 6 nitrogen and oxygen atoms in total. The second-order valence-electron chi connectivity index (χ2n) is 4.51. The maximum absolute atomic E-state index is 11.3. The van der Waals surface area contributed by atoms with Gasteiger partial charge in [-0.25, -0.2) is 4.79 Å². The van der Waals surface area contributed by atoms with E-state index in [2.05, 4.69) is 10.6 Å². The van der Waals surface area contributed by atoms with Crippen molar-refractivity contribution in [2.45, 2.75) is 6.54 Å². The Morgan fingerprint density at radius 3 is 3.05 bits per heavy atom. The van der Waals surface area contributed by atoms with Gasteiger partial charge in [-0.15, -0.1) is 11.3 Å². The summed E-state index contributed by atoms with van der Waals surface area (Å²) in [6.45, 7) is 0.554. The number of hydrogen-bond donors (Lipinski definition) is 3. The Morgan fingerprint density at radius 1 is 1.43 bits per heavy atom. The Bertz CT molecular complexity index is 711. The normalized spacial score (nSPS) is 13.0. The van der Waals surface area contributed by atoms with Crippen LogP contribution in [0.25, 0.3) is 0 Å². The first-order valence-electron chi connectivity index (χ1n) is 6.23. The molecule has 3 N–H and O–H groups in total. The lowest BCUT2D eigenvalue weighted by Crippen LogP contribution is -2.25. The third-order valence-electron chi connectivity index (χ3n) is 2.98. The highest BCUT2D eigenvalue weighted by molar-refractivity contribution is 7.10. The first kappa shape index (κ1) is 13.4. The van der Waals surface area contributed by atoms with E-state index in [-0.39, 0.29) is 12.5 Å². The number of rotatable bonds is 4. The number of amides is 1. The number of anilines is 2. The summed E-state index contributed by atoms with van der Waals surface area (Å²) in [6.07, 6.45) is 0. The van der Waals surface area contributed by atoms with Crippen LogP contribution in [-0.4, -0.2) is 23.6 Å². The maximum atomic E-state index is 11.3. The van der Waals surface area contributed by atoms with E-state index < -0.39 is 5.97 Å². The molecule has 1 aromatic heterocycles. The van der Waals surface area contributed by atoms with Crippen LogP contribution < -0.4 is 15.4 Å². The van der Waals surface area contributed by atoms with E-state index >= 15 is 0 Å². The number of hydrogen-bond acceptors (Lipinski definition) is 5. The fraction of sp³-hybridized carbons (Fsp3) is 0.143. The van der Waals surface area contributed by atoms with Gasteiger partial charge in [0.15, 0.2) is 6.61 Å². The second-order valence-corrected chi connectivity index (χ2v) is 5.50. The topological polar surface area (TPSA) is 87.7 Å². The second kappa shape index (κ2) is 5.45. The minimum atomic E-state index is -0.925. The minimum Gasteiger partial charge on any atom is -0.482 e. The van der Waals surface area contributed by atoms with Crippen LogP contribution in [0.3, 0.4) is 0 Å². The van der Waals surface area contributed by atoms with Gasteiger partial charge in [-0.2, -0.15) is 0 Å². The van der Waals surface area contributed by atoms with Crippen molar-refractivity contribution in [3.63, 3.8) is 0 Å². The zero-order valence-electron chi connectivity index (χ0n) is 10.9. The van der Waals surface area contributed by atoms with Crippen LogP contribution in [0.1, 0.15) is 15.2 Å². The molecule has 0 aliphatic carbocycles. The predicted octanol–water partition coefficient (Wildman–Crippen LogP) is 2.39. The van der Waals surface area contributed by atoms with Gasteiger partial charge in [0, 0.05) is 22.5 Å². The molecular formula is C14H12N2O4S. The van der Waals surface area contributed by atoms with Gasteiger partial charge < -0.3 is 20.5 Å². The highest BCUT2D eigenvalue weighted by Crippen LogP contribution is 2.30. The summed E-state index contributed by atoms with van der Waals surface area (Å²) in [5.41, 5.74) is 1.75. The monoisotopic (exact) mass is 304 g/mol. The molecule has 0 saturated carbocycles. The molecule has 0 bridgehead atoms. The third kappa shape index (κ3) is 2.97. The Labute approximate surface area is 124 Å². The number of ether oxygens (including phenoxy) is 1. The van der Waals surface area contributed by atoms with Gasteiger partial charge in [0.25, 0.3) is 5.91 Å². The Morgan fingerprint density at radius 2 is 2.29 bits per heavy atom. The van der Waals surface area contributed by atoms with E-state index in [1.165, 1.54) is 11.3 Å². The first-order chi connectivity index (χ1) is 10.1. The smallest absolute Gasteiger partial charge is 0.336 e. The van der Waals surface area contributed by atoms with E-state index in [9.17, 15) is 9.59 Å². The number of nitrogens with one attached hydrogen (secondary N) is 2. The standard InChI is InChI=1S/C14H12N2O4S/c17-13-6-20-12-2-1-9(4-11(12)16-13)15-5-10-3-8(7-21-10)14(18)19/h1-4,7,15H,5-6H2,(H,16,17)(H,18,19). The average Bonchev–Trinajstić information content (AvgIpc) is 2.93. The molecule has 0 atom stereocenters. The fourth-order valence-corrected chi connectivity index (χ4v) is 2.77. The zero-order chi connectivity index (χ0) is 14.8. The molecular weight excluding hydrogens is 292 g/mol. The summed E-state index contributed by atoms with van der Waals surface area (Å²) >= 11 is 1.39. The van der Waals surface area contributed by atoms with E-state index in [1.54, 1.807) is 23.6 Å². The zero-order valence-corrected chi connectivity index (χ0v) is 11.7. The summed E-state index contributed by atoms with van der Waals surface area (Å²) < 4.78 is 5.28. The number of fused-ring (bicyclic) bond motifs is 1. The lowest BCUT2D eigenvalue weighted by atomic mass is 10.2. The molecule has 0 spiro atoms. The number of carbonyl (C=O) groups excluding carboxylic acids is 1. The molecule has 1 amide bonds. The Hall–Kier alpha value is -2.54. The SMILES string of the molecule is O=C1COc2ccc(NCc3cc(C(=O)O)cs3)cc2N1. The molecule has 1 aromatic carbocycles. The third-order valence-corrected chi connectivity index (χ3v) is 3.92. The van der Waals surface area contributed by atoms with Gasteiger partial charge in [0.05, 0.1) is 11.3 Å². The maximum Gasteiger partial charge on any atom is 0.336 e. The van der Waals surface area contributed by atoms with Crippen molar-refractivity contribution in [1.29, 1.82) is 0 Å². The number of carboxylic acid groups (broad SMARTS) is 1. The average molecular weight is 304 g/mol.